The summed E-state index contributed by atoms with van der Waals surface area (Å²) in [4.78, 5) is 2.51. The second-order valence-corrected chi connectivity index (χ2v) is 6.41. The molecule has 1 aliphatic heterocycles. The van der Waals surface area contributed by atoms with E-state index in [1.165, 1.54) is 13.0 Å². The highest BCUT2D eigenvalue weighted by molar-refractivity contribution is 4.79. The fourth-order valence-electron chi connectivity index (χ4n) is 2.07. The monoisotopic (exact) mass is 228 g/mol. The lowest BCUT2D eigenvalue weighted by Crippen LogP contribution is -2.49. The van der Waals surface area contributed by atoms with E-state index in [4.69, 9.17) is 4.74 Å². The van der Waals surface area contributed by atoms with Crippen molar-refractivity contribution in [1.29, 1.82) is 0 Å². The van der Waals surface area contributed by atoms with Gasteiger partial charge in [-0.3, -0.25) is 4.90 Å². The minimum atomic E-state index is 0.0374. The first kappa shape index (κ1) is 13.9. The van der Waals surface area contributed by atoms with Crippen molar-refractivity contribution in [3.05, 3.63) is 0 Å². The van der Waals surface area contributed by atoms with Crippen molar-refractivity contribution in [3.8, 4) is 0 Å². The predicted molar refractivity (Wildman–Crippen MR) is 68.8 cm³/mol. The highest BCUT2D eigenvalue weighted by Gasteiger charge is 2.26. The van der Waals surface area contributed by atoms with E-state index in [1.807, 2.05) is 0 Å². The summed E-state index contributed by atoms with van der Waals surface area (Å²) in [5, 5.41) is 3.52. The fourth-order valence-corrected chi connectivity index (χ4v) is 2.07. The molecule has 0 saturated carbocycles. The molecule has 1 heterocycles. The van der Waals surface area contributed by atoms with Gasteiger partial charge >= 0.3 is 0 Å². The average Bonchev–Trinajstić information content (AvgIpc) is 2.09. The lowest BCUT2D eigenvalue weighted by Gasteiger charge is -2.38. The summed E-state index contributed by atoms with van der Waals surface area (Å²) in [6, 6.07) is 0. The van der Waals surface area contributed by atoms with Gasteiger partial charge in [0.1, 0.15) is 0 Å². The molecule has 0 aliphatic carbocycles. The van der Waals surface area contributed by atoms with Crippen LogP contribution in [0, 0.1) is 0 Å². The zero-order valence-corrected chi connectivity index (χ0v) is 11.6. The number of morpholine rings is 1. The highest BCUT2D eigenvalue weighted by Crippen LogP contribution is 2.16. The molecular formula is C13H28N2O. The quantitative estimate of drug-likeness (QED) is 0.744. The third-order valence-corrected chi connectivity index (χ3v) is 2.81. The molecule has 0 spiro atoms. The molecule has 3 nitrogen and oxygen atoms in total. The van der Waals surface area contributed by atoms with Gasteiger partial charge < -0.3 is 10.1 Å². The Labute approximate surface area is 101 Å². The van der Waals surface area contributed by atoms with Crippen molar-refractivity contribution in [2.45, 2.75) is 52.2 Å². The molecule has 1 rings (SSSR count). The summed E-state index contributed by atoms with van der Waals surface area (Å²) < 4.78 is 5.70. The number of nitrogens with one attached hydrogen (secondary N) is 1. The van der Waals surface area contributed by atoms with Crippen LogP contribution in [-0.2, 0) is 4.74 Å². The Bertz CT molecular complexity index is 208. The Balaban J connectivity index is 2.13. The molecule has 0 amide bonds. The molecule has 0 aromatic heterocycles. The van der Waals surface area contributed by atoms with Crippen molar-refractivity contribution < 1.29 is 4.74 Å². The molecule has 1 fully saturated rings. The van der Waals surface area contributed by atoms with Crippen molar-refractivity contribution in [2.75, 3.05) is 32.8 Å². The second kappa shape index (κ2) is 5.48. The maximum absolute atomic E-state index is 5.70. The molecule has 1 N–H and O–H groups in total. The van der Waals surface area contributed by atoms with Crippen LogP contribution in [0.5, 0.6) is 0 Å². The molecule has 1 aliphatic rings. The minimum Gasteiger partial charge on any atom is -0.373 e. The van der Waals surface area contributed by atoms with E-state index < -0.39 is 0 Å². The number of hydrogen-bond donors (Lipinski definition) is 1. The van der Waals surface area contributed by atoms with E-state index in [2.05, 4.69) is 44.8 Å². The molecule has 1 saturated heterocycles. The molecule has 0 atom stereocenters. The minimum absolute atomic E-state index is 0.0374. The summed E-state index contributed by atoms with van der Waals surface area (Å²) >= 11 is 0. The molecule has 0 aromatic carbocycles. The van der Waals surface area contributed by atoms with E-state index in [9.17, 15) is 0 Å². The summed E-state index contributed by atoms with van der Waals surface area (Å²) in [7, 11) is 0. The standard InChI is InChI=1S/C13H28N2O/c1-12(2,3)14-7-6-8-15-9-10-16-13(4,5)11-15/h14H,6-11H2,1-5H3. The van der Waals surface area contributed by atoms with E-state index >= 15 is 0 Å². The van der Waals surface area contributed by atoms with Gasteiger partial charge in [0.25, 0.3) is 0 Å². The van der Waals surface area contributed by atoms with Crippen molar-refractivity contribution >= 4 is 0 Å². The maximum Gasteiger partial charge on any atom is 0.0753 e. The Morgan fingerprint density at radius 1 is 1.31 bits per heavy atom. The highest BCUT2D eigenvalue weighted by atomic mass is 16.5. The van der Waals surface area contributed by atoms with E-state index in [1.54, 1.807) is 0 Å². The molecule has 16 heavy (non-hydrogen) atoms. The molecule has 0 aromatic rings. The molecule has 0 unspecified atom stereocenters. The van der Waals surface area contributed by atoms with Crippen LogP contribution in [-0.4, -0.2) is 48.8 Å². The van der Waals surface area contributed by atoms with Gasteiger partial charge in [-0.1, -0.05) is 0 Å². The molecular weight excluding hydrogens is 200 g/mol. The van der Waals surface area contributed by atoms with Crippen LogP contribution in [0.1, 0.15) is 41.0 Å². The van der Waals surface area contributed by atoms with Crippen LogP contribution >= 0.6 is 0 Å². The Kier molecular flexibility index (Phi) is 4.77. The molecule has 96 valence electrons. The van der Waals surface area contributed by atoms with Crippen LogP contribution in [0.4, 0.5) is 0 Å². The van der Waals surface area contributed by atoms with E-state index in [-0.39, 0.29) is 11.1 Å². The summed E-state index contributed by atoms with van der Waals surface area (Å²) in [6.07, 6.45) is 1.22. The third-order valence-electron chi connectivity index (χ3n) is 2.81. The first-order valence-electron chi connectivity index (χ1n) is 6.40. The SMILES string of the molecule is CC(C)(C)NCCCN1CCOC(C)(C)C1. The lowest BCUT2D eigenvalue weighted by atomic mass is 10.1. The van der Waals surface area contributed by atoms with Gasteiger partial charge in [0.2, 0.25) is 0 Å². The Morgan fingerprint density at radius 2 is 2.00 bits per heavy atom. The predicted octanol–water partition coefficient (Wildman–Crippen LogP) is 1.88. The Hall–Kier alpha value is -0.120. The second-order valence-electron chi connectivity index (χ2n) is 6.41. The van der Waals surface area contributed by atoms with Gasteiger partial charge in [0.05, 0.1) is 12.2 Å². The third kappa shape index (κ3) is 5.83. The maximum atomic E-state index is 5.70. The molecule has 0 radical (unpaired) electrons. The fraction of sp³-hybridized carbons (Fsp3) is 1.00. The van der Waals surface area contributed by atoms with E-state index in [0.717, 1.165) is 26.2 Å². The first-order valence-corrected chi connectivity index (χ1v) is 6.40. The average molecular weight is 228 g/mol. The lowest BCUT2D eigenvalue weighted by molar-refractivity contribution is -0.0860. The van der Waals surface area contributed by atoms with Gasteiger partial charge in [-0.2, -0.15) is 0 Å². The topological polar surface area (TPSA) is 24.5 Å². The number of nitrogens with zero attached hydrogens (tertiary/aromatic N) is 1. The van der Waals surface area contributed by atoms with Crippen molar-refractivity contribution in [2.24, 2.45) is 0 Å². The van der Waals surface area contributed by atoms with Gasteiger partial charge in [0, 0.05) is 18.6 Å². The largest absolute Gasteiger partial charge is 0.373 e. The van der Waals surface area contributed by atoms with Crippen LogP contribution in [0.3, 0.4) is 0 Å². The normalized spacial score (nSPS) is 22.3. The van der Waals surface area contributed by atoms with Crippen LogP contribution in [0.15, 0.2) is 0 Å². The zero-order valence-electron chi connectivity index (χ0n) is 11.6. The van der Waals surface area contributed by atoms with E-state index in [0.29, 0.717) is 0 Å². The van der Waals surface area contributed by atoms with Crippen LogP contribution in [0.25, 0.3) is 0 Å². The number of rotatable bonds is 4. The van der Waals surface area contributed by atoms with Gasteiger partial charge in [0.15, 0.2) is 0 Å². The first-order chi connectivity index (χ1) is 7.29. The van der Waals surface area contributed by atoms with Gasteiger partial charge in [-0.15, -0.1) is 0 Å². The van der Waals surface area contributed by atoms with Crippen LogP contribution < -0.4 is 5.32 Å². The molecule has 3 heteroatoms. The Morgan fingerprint density at radius 3 is 2.56 bits per heavy atom. The zero-order chi connectivity index (χ0) is 12.2. The number of hydrogen-bond acceptors (Lipinski definition) is 3. The van der Waals surface area contributed by atoms with Gasteiger partial charge in [-0.25, -0.2) is 0 Å². The van der Waals surface area contributed by atoms with Crippen molar-refractivity contribution in [3.63, 3.8) is 0 Å². The van der Waals surface area contributed by atoms with Gasteiger partial charge in [-0.05, 0) is 54.1 Å². The smallest absolute Gasteiger partial charge is 0.0753 e. The summed E-state index contributed by atoms with van der Waals surface area (Å²) in [5.74, 6) is 0. The summed E-state index contributed by atoms with van der Waals surface area (Å²) in [5.41, 5.74) is 0.278. The molecule has 0 bridgehead atoms. The van der Waals surface area contributed by atoms with Crippen LogP contribution in [0.2, 0.25) is 0 Å². The summed E-state index contributed by atoms with van der Waals surface area (Å²) in [6.45, 7) is 16.3. The van der Waals surface area contributed by atoms with Crippen molar-refractivity contribution in [1.82, 2.24) is 10.2 Å². The number of ether oxygens (including phenoxy) is 1.